The van der Waals surface area contributed by atoms with Crippen molar-refractivity contribution in [2.75, 3.05) is 19.5 Å². The SMILES string of the molecule is CNc1cc2c(cn1)c(-c1cnn(C)c1)nn2C1CCC(Oc2cccc(OC)n2)CC1. The van der Waals surface area contributed by atoms with E-state index in [1.54, 1.807) is 11.8 Å². The molecular formula is C23H27N7O2. The molecule has 0 spiro atoms. The lowest BCUT2D eigenvalue weighted by atomic mass is 9.93. The van der Waals surface area contributed by atoms with E-state index in [1.807, 2.05) is 50.9 Å². The number of hydrogen-bond acceptors (Lipinski definition) is 7. The molecule has 0 amide bonds. The van der Waals surface area contributed by atoms with Crippen molar-refractivity contribution in [2.24, 2.45) is 7.05 Å². The van der Waals surface area contributed by atoms with Crippen LogP contribution in [-0.4, -0.2) is 49.8 Å². The van der Waals surface area contributed by atoms with Crippen LogP contribution in [0.1, 0.15) is 31.7 Å². The van der Waals surface area contributed by atoms with Gasteiger partial charge in [0.1, 0.15) is 17.6 Å². The average Bonchev–Trinajstić information content (AvgIpc) is 3.42. The maximum atomic E-state index is 6.13. The number of aryl methyl sites for hydroxylation is 1. The maximum absolute atomic E-state index is 6.13. The van der Waals surface area contributed by atoms with Crippen molar-refractivity contribution >= 4 is 16.7 Å². The summed E-state index contributed by atoms with van der Waals surface area (Å²) in [5, 5.41) is 13.5. The molecule has 0 atom stereocenters. The molecule has 1 N–H and O–H groups in total. The second-order valence-electron chi connectivity index (χ2n) is 8.10. The van der Waals surface area contributed by atoms with Gasteiger partial charge in [-0.25, -0.2) is 4.98 Å². The normalized spacial score (nSPS) is 18.6. The molecule has 1 saturated carbocycles. The molecule has 32 heavy (non-hydrogen) atoms. The van der Waals surface area contributed by atoms with Gasteiger partial charge in [-0.3, -0.25) is 9.36 Å². The fraction of sp³-hybridized carbons (Fsp3) is 0.391. The van der Waals surface area contributed by atoms with Gasteiger partial charge in [-0.15, -0.1) is 0 Å². The summed E-state index contributed by atoms with van der Waals surface area (Å²) in [6.45, 7) is 0. The molecule has 1 fully saturated rings. The summed E-state index contributed by atoms with van der Waals surface area (Å²) in [5.74, 6) is 2.01. The number of pyridine rings is 2. The van der Waals surface area contributed by atoms with Gasteiger partial charge < -0.3 is 14.8 Å². The average molecular weight is 434 g/mol. The van der Waals surface area contributed by atoms with Crippen molar-refractivity contribution in [3.05, 3.63) is 42.9 Å². The zero-order chi connectivity index (χ0) is 22.1. The minimum absolute atomic E-state index is 0.139. The topological polar surface area (TPSA) is 91.9 Å². The first-order valence-electron chi connectivity index (χ1n) is 10.9. The Kier molecular flexibility index (Phi) is 5.38. The molecule has 0 unspecified atom stereocenters. The number of ether oxygens (including phenoxy) is 2. The summed E-state index contributed by atoms with van der Waals surface area (Å²) in [6, 6.07) is 7.97. The highest BCUT2D eigenvalue weighted by Gasteiger charge is 2.27. The van der Waals surface area contributed by atoms with E-state index in [-0.39, 0.29) is 6.10 Å². The van der Waals surface area contributed by atoms with Gasteiger partial charge in [-0.2, -0.15) is 15.2 Å². The van der Waals surface area contributed by atoms with E-state index < -0.39 is 0 Å². The van der Waals surface area contributed by atoms with Gasteiger partial charge in [0.15, 0.2) is 0 Å². The van der Waals surface area contributed by atoms with E-state index in [1.165, 1.54) is 0 Å². The predicted octanol–water partition coefficient (Wildman–Crippen LogP) is 3.84. The number of hydrogen-bond donors (Lipinski definition) is 1. The lowest BCUT2D eigenvalue weighted by Gasteiger charge is -2.29. The molecule has 0 saturated heterocycles. The molecule has 9 heteroatoms. The lowest BCUT2D eigenvalue weighted by Crippen LogP contribution is -2.26. The minimum atomic E-state index is 0.139. The van der Waals surface area contributed by atoms with Crippen molar-refractivity contribution in [2.45, 2.75) is 37.8 Å². The molecule has 1 aliphatic rings. The Bertz CT molecular complexity index is 1220. The first-order valence-corrected chi connectivity index (χ1v) is 10.9. The van der Waals surface area contributed by atoms with Crippen molar-refractivity contribution in [1.82, 2.24) is 29.5 Å². The summed E-state index contributed by atoms with van der Waals surface area (Å²) in [7, 11) is 5.41. The first-order chi connectivity index (χ1) is 15.6. The van der Waals surface area contributed by atoms with Crippen LogP contribution >= 0.6 is 0 Å². The number of nitrogens with zero attached hydrogens (tertiary/aromatic N) is 6. The zero-order valence-corrected chi connectivity index (χ0v) is 18.5. The fourth-order valence-electron chi connectivity index (χ4n) is 4.36. The Hall–Kier alpha value is -3.62. The van der Waals surface area contributed by atoms with E-state index in [0.717, 1.165) is 53.7 Å². The molecule has 5 rings (SSSR count). The van der Waals surface area contributed by atoms with Gasteiger partial charge in [0.25, 0.3) is 0 Å². The zero-order valence-electron chi connectivity index (χ0n) is 18.5. The molecule has 4 aromatic rings. The van der Waals surface area contributed by atoms with Crippen LogP contribution in [0.5, 0.6) is 11.8 Å². The van der Waals surface area contributed by atoms with Crippen molar-refractivity contribution < 1.29 is 9.47 Å². The van der Waals surface area contributed by atoms with E-state index in [4.69, 9.17) is 14.6 Å². The molecule has 4 aromatic heterocycles. The smallest absolute Gasteiger partial charge is 0.216 e. The third-order valence-electron chi connectivity index (χ3n) is 6.01. The van der Waals surface area contributed by atoms with Gasteiger partial charge >= 0.3 is 0 Å². The van der Waals surface area contributed by atoms with Gasteiger partial charge in [-0.05, 0) is 25.7 Å². The summed E-state index contributed by atoms with van der Waals surface area (Å²) < 4.78 is 15.3. The van der Waals surface area contributed by atoms with E-state index >= 15 is 0 Å². The first kappa shape index (κ1) is 20.3. The third kappa shape index (κ3) is 3.86. The minimum Gasteiger partial charge on any atom is -0.481 e. The van der Waals surface area contributed by atoms with E-state index in [2.05, 4.69) is 31.1 Å². The predicted molar refractivity (Wildman–Crippen MR) is 122 cm³/mol. The monoisotopic (exact) mass is 433 g/mol. The number of methoxy groups -OCH3 is 1. The summed E-state index contributed by atoms with van der Waals surface area (Å²) in [5.41, 5.74) is 3.00. The van der Waals surface area contributed by atoms with Crippen LogP contribution in [0.4, 0.5) is 5.82 Å². The van der Waals surface area contributed by atoms with Crippen molar-refractivity contribution in [3.8, 4) is 23.0 Å². The van der Waals surface area contributed by atoms with E-state index in [9.17, 15) is 0 Å². The largest absolute Gasteiger partial charge is 0.481 e. The molecule has 0 aliphatic heterocycles. The maximum Gasteiger partial charge on any atom is 0.216 e. The van der Waals surface area contributed by atoms with Gasteiger partial charge in [0.2, 0.25) is 11.8 Å². The standard InChI is InChI=1S/C23H27N7O2/c1-24-20-11-19-18(13-25-20)23(15-12-26-29(2)14-15)28-30(19)16-7-9-17(10-8-16)32-22-6-4-5-21(27-22)31-3/h4-6,11-14,16-17H,7-10H2,1-3H3,(H,24,25). The molecule has 4 heterocycles. The highest BCUT2D eigenvalue weighted by molar-refractivity contribution is 5.93. The van der Waals surface area contributed by atoms with Crippen LogP contribution in [0.2, 0.25) is 0 Å². The molecule has 0 aromatic carbocycles. The Morgan fingerprint density at radius 2 is 1.91 bits per heavy atom. The van der Waals surface area contributed by atoms with Crippen LogP contribution in [0.15, 0.2) is 42.9 Å². The van der Waals surface area contributed by atoms with Crippen LogP contribution in [-0.2, 0) is 7.05 Å². The Morgan fingerprint density at radius 3 is 2.62 bits per heavy atom. The highest BCUT2D eigenvalue weighted by atomic mass is 16.5. The second-order valence-corrected chi connectivity index (χ2v) is 8.10. The lowest BCUT2D eigenvalue weighted by molar-refractivity contribution is 0.125. The number of rotatable bonds is 6. The van der Waals surface area contributed by atoms with Gasteiger partial charge in [0.05, 0.1) is 24.9 Å². The fourth-order valence-corrected chi connectivity index (χ4v) is 4.36. The van der Waals surface area contributed by atoms with E-state index in [0.29, 0.717) is 17.8 Å². The Morgan fingerprint density at radius 1 is 1.09 bits per heavy atom. The highest BCUT2D eigenvalue weighted by Crippen LogP contribution is 2.36. The molecule has 1 aliphatic carbocycles. The van der Waals surface area contributed by atoms with Gasteiger partial charge in [0, 0.05) is 55.6 Å². The Labute approximate surface area is 186 Å². The number of aromatic nitrogens is 6. The van der Waals surface area contributed by atoms with Crippen molar-refractivity contribution in [1.29, 1.82) is 0 Å². The summed E-state index contributed by atoms with van der Waals surface area (Å²) >= 11 is 0. The second kappa shape index (κ2) is 8.49. The van der Waals surface area contributed by atoms with Crippen LogP contribution in [0, 0.1) is 0 Å². The van der Waals surface area contributed by atoms with Crippen LogP contribution in [0.25, 0.3) is 22.2 Å². The summed E-state index contributed by atoms with van der Waals surface area (Å²) in [4.78, 5) is 8.90. The summed E-state index contributed by atoms with van der Waals surface area (Å²) in [6.07, 6.45) is 9.72. The third-order valence-corrected chi connectivity index (χ3v) is 6.01. The van der Waals surface area contributed by atoms with Crippen LogP contribution < -0.4 is 14.8 Å². The molecule has 9 nitrogen and oxygen atoms in total. The molecule has 166 valence electrons. The number of anilines is 1. The van der Waals surface area contributed by atoms with Crippen molar-refractivity contribution in [3.63, 3.8) is 0 Å². The molecular weight excluding hydrogens is 406 g/mol. The number of nitrogens with one attached hydrogen (secondary N) is 1. The van der Waals surface area contributed by atoms with Gasteiger partial charge in [-0.1, -0.05) is 6.07 Å². The molecule has 0 radical (unpaired) electrons. The van der Waals surface area contributed by atoms with Crippen LogP contribution in [0.3, 0.4) is 0 Å². The quantitative estimate of drug-likeness (QED) is 0.494. The molecule has 0 bridgehead atoms. The number of fused-ring (bicyclic) bond motifs is 1. The Balaban J connectivity index is 1.39.